The van der Waals surface area contributed by atoms with Gasteiger partial charge in [-0.25, -0.2) is 0 Å². The molecule has 2 nitrogen and oxygen atoms in total. The van der Waals surface area contributed by atoms with Crippen molar-refractivity contribution in [1.29, 1.82) is 0 Å². The Morgan fingerprint density at radius 3 is 2.93 bits per heavy atom. The van der Waals surface area contributed by atoms with Crippen molar-refractivity contribution >= 4 is 22.1 Å². The van der Waals surface area contributed by atoms with Crippen LogP contribution in [0.3, 0.4) is 0 Å². The molecule has 2 rings (SSSR count). The van der Waals surface area contributed by atoms with Gasteiger partial charge in [-0.2, -0.15) is 0 Å². The van der Waals surface area contributed by atoms with Crippen LogP contribution >= 0.6 is 11.3 Å². The molecule has 1 heterocycles. The van der Waals surface area contributed by atoms with Crippen LogP contribution in [-0.2, 0) is 6.42 Å². The molecule has 0 saturated carbocycles. The van der Waals surface area contributed by atoms with Crippen LogP contribution in [0.2, 0.25) is 0 Å². The minimum atomic E-state index is 0.119. The highest BCUT2D eigenvalue weighted by atomic mass is 32.1. The van der Waals surface area contributed by atoms with E-state index >= 15 is 0 Å². The fourth-order valence-corrected chi connectivity index (χ4v) is 3.57. The molecule has 14 heavy (non-hydrogen) atoms. The monoisotopic (exact) mass is 209 g/mol. The van der Waals surface area contributed by atoms with Gasteiger partial charge in [-0.15, -0.1) is 11.3 Å². The number of Topliss-reactive ketones (excluding diaryl/α,β-unsaturated/α-hetero) is 1. The molecule has 1 atom stereocenters. The molecule has 0 spiro atoms. The summed E-state index contributed by atoms with van der Waals surface area (Å²) in [5.74, 6) is 0.625. The second-order valence-corrected chi connectivity index (χ2v) is 5.16. The van der Waals surface area contributed by atoms with Gasteiger partial charge in [-0.3, -0.25) is 4.79 Å². The summed E-state index contributed by atoms with van der Waals surface area (Å²) in [5.41, 5.74) is 7.93. The Hall–Kier alpha value is -0.830. The lowest BCUT2D eigenvalue weighted by molar-refractivity contribution is 0.101. The maximum absolute atomic E-state index is 11.5. The lowest BCUT2D eigenvalue weighted by Gasteiger charge is -2.19. The van der Waals surface area contributed by atoms with Gasteiger partial charge in [0.15, 0.2) is 5.78 Å². The minimum absolute atomic E-state index is 0.119. The lowest BCUT2D eigenvalue weighted by Crippen LogP contribution is -2.08. The number of carbonyl (C=O) groups excluding carboxylic acids is 1. The quantitative estimate of drug-likeness (QED) is 0.722. The van der Waals surface area contributed by atoms with Crippen molar-refractivity contribution in [2.75, 3.05) is 5.73 Å². The van der Waals surface area contributed by atoms with Gasteiger partial charge in [0.1, 0.15) is 0 Å². The molecule has 1 unspecified atom stereocenters. The van der Waals surface area contributed by atoms with E-state index in [1.54, 1.807) is 18.3 Å². The van der Waals surface area contributed by atoms with Crippen molar-refractivity contribution in [1.82, 2.24) is 0 Å². The van der Waals surface area contributed by atoms with E-state index in [4.69, 9.17) is 5.73 Å². The Balaban J connectivity index is 2.59. The van der Waals surface area contributed by atoms with Crippen molar-refractivity contribution in [2.45, 2.75) is 39.0 Å². The lowest BCUT2D eigenvalue weighted by atomic mass is 9.85. The van der Waals surface area contributed by atoms with Gasteiger partial charge in [0.25, 0.3) is 0 Å². The molecular weight excluding hydrogens is 194 g/mol. The number of nitrogen functional groups attached to an aromatic ring is 1. The minimum Gasteiger partial charge on any atom is -0.390 e. The number of carbonyl (C=O) groups is 1. The Labute approximate surface area is 88.1 Å². The second kappa shape index (κ2) is 3.39. The fraction of sp³-hybridized carbons (Fsp3) is 0.545. The largest absolute Gasteiger partial charge is 0.390 e. The van der Waals surface area contributed by atoms with Crippen LogP contribution in [0.15, 0.2) is 0 Å². The van der Waals surface area contributed by atoms with Crippen molar-refractivity contribution in [2.24, 2.45) is 0 Å². The second-order valence-electron chi connectivity index (χ2n) is 4.03. The van der Waals surface area contributed by atoms with Crippen LogP contribution in [-0.4, -0.2) is 5.78 Å². The first-order valence-corrected chi connectivity index (χ1v) is 5.85. The van der Waals surface area contributed by atoms with Gasteiger partial charge < -0.3 is 5.73 Å². The first-order chi connectivity index (χ1) is 6.61. The molecule has 0 fully saturated rings. The van der Waals surface area contributed by atoms with Gasteiger partial charge in [0, 0.05) is 4.88 Å². The molecule has 1 aliphatic carbocycles. The maximum atomic E-state index is 11.5. The molecule has 1 aliphatic rings. The van der Waals surface area contributed by atoms with E-state index in [-0.39, 0.29) is 5.78 Å². The Morgan fingerprint density at radius 1 is 1.57 bits per heavy atom. The van der Waals surface area contributed by atoms with Gasteiger partial charge in [0.05, 0.1) is 10.6 Å². The van der Waals surface area contributed by atoms with Crippen LogP contribution in [0.1, 0.15) is 53.4 Å². The molecule has 1 aromatic rings. The van der Waals surface area contributed by atoms with Crippen LogP contribution in [0.5, 0.6) is 0 Å². The first kappa shape index (κ1) is 9.71. The third-order valence-corrected chi connectivity index (χ3v) is 4.03. The number of hydrogen-bond donors (Lipinski definition) is 1. The zero-order valence-corrected chi connectivity index (χ0v) is 9.41. The van der Waals surface area contributed by atoms with Crippen LogP contribution in [0.4, 0.5) is 5.00 Å². The summed E-state index contributed by atoms with van der Waals surface area (Å²) in [6.45, 7) is 3.80. The third kappa shape index (κ3) is 1.36. The van der Waals surface area contributed by atoms with Gasteiger partial charge in [0.2, 0.25) is 0 Å². The van der Waals surface area contributed by atoms with Gasteiger partial charge in [-0.1, -0.05) is 6.92 Å². The van der Waals surface area contributed by atoms with Crippen LogP contribution < -0.4 is 5.73 Å². The molecule has 0 aliphatic heterocycles. The number of ketones is 1. The average Bonchev–Trinajstić information content (AvgIpc) is 2.42. The summed E-state index contributed by atoms with van der Waals surface area (Å²) in [6.07, 6.45) is 3.51. The zero-order chi connectivity index (χ0) is 10.3. The van der Waals surface area contributed by atoms with E-state index in [9.17, 15) is 4.79 Å². The van der Waals surface area contributed by atoms with Crippen molar-refractivity contribution in [3.63, 3.8) is 0 Å². The Kier molecular flexibility index (Phi) is 2.35. The molecule has 0 amide bonds. The highest BCUT2D eigenvalue weighted by Crippen LogP contribution is 2.42. The molecule has 0 radical (unpaired) electrons. The topological polar surface area (TPSA) is 43.1 Å². The smallest absolute Gasteiger partial charge is 0.163 e. The summed E-state index contributed by atoms with van der Waals surface area (Å²) < 4.78 is 0. The summed E-state index contributed by atoms with van der Waals surface area (Å²) in [7, 11) is 0. The Morgan fingerprint density at radius 2 is 2.29 bits per heavy atom. The number of hydrogen-bond acceptors (Lipinski definition) is 3. The molecule has 3 heteroatoms. The molecule has 0 saturated heterocycles. The van der Waals surface area contributed by atoms with E-state index in [1.165, 1.54) is 23.3 Å². The van der Waals surface area contributed by atoms with Crippen LogP contribution in [0.25, 0.3) is 0 Å². The SMILES string of the molecule is CC(=O)c1c(N)sc2c1C(C)CCC2. The number of rotatable bonds is 1. The molecule has 2 N–H and O–H groups in total. The highest BCUT2D eigenvalue weighted by molar-refractivity contribution is 7.16. The fourth-order valence-electron chi connectivity index (χ4n) is 2.29. The zero-order valence-electron chi connectivity index (χ0n) is 8.59. The molecular formula is C11H15NOS. The molecule has 1 aromatic heterocycles. The van der Waals surface area contributed by atoms with Crippen molar-refractivity contribution in [3.05, 3.63) is 16.0 Å². The van der Waals surface area contributed by atoms with Crippen LogP contribution in [0, 0.1) is 0 Å². The molecule has 0 bridgehead atoms. The predicted octanol–water partition coefficient (Wildman–Crippen LogP) is 2.97. The van der Waals surface area contributed by atoms with E-state index in [0.29, 0.717) is 5.92 Å². The number of nitrogens with two attached hydrogens (primary N) is 1. The highest BCUT2D eigenvalue weighted by Gasteiger charge is 2.26. The van der Waals surface area contributed by atoms with E-state index in [2.05, 4.69) is 6.92 Å². The standard InChI is InChI=1S/C11H15NOS/c1-6-4-3-5-8-9(6)10(7(2)13)11(12)14-8/h6H,3-5,12H2,1-2H3. The summed E-state index contributed by atoms with van der Waals surface area (Å²) in [6, 6.07) is 0. The van der Waals surface area contributed by atoms with E-state index in [1.807, 2.05) is 0 Å². The molecule has 76 valence electrons. The average molecular weight is 209 g/mol. The normalized spacial score (nSPS) is 20.6. The Bertz CT molecular complexity index is 381. The first-order valence-electron chi connectivity index (χ1n) is 5.03. The van der Waals surface area contributed by atoms with Crippen molar-refractivity contribution < 1.29 is 4.79 Å². The van der Waals surface area contributed by atoms with Gasteiger partial charge in [-0.05, 0) is 37.7 Å². The van der Waals surface area contributed by atoms with E-state index < -0.39 is 0 Å². The van der Waals surface area contributed by atoms with Crippen molar-refractivity contribution in [3.8, 4) is 0 Å². The maximum Gasteiger partial charge on any atom is 0.163 e. The summed E-state index contributed by atoms with van der Waals surface area (Å²) in [4.78, 5) is 12.8. The summed E-state index contributed by atoms with van der Waals surface area (Å²) >= 11 is 1.61. The molecule has 0 aromatic carbocycles. The van der Waals surface area contributed by atoms with Gasteiger partial charge >= 0.3 is 0 Å². The summed E-state index contributed by atoms with van der Waals surface area (Å²) in [5, 5.41) is 0.719. The third-order valence-electron chi connectivity index (χ3n) is 2.94. The number of anilines is 1. The number of fused-ring (bicyclic) bond motifs is 1. The predicted molar refractivity (Wildman–Crippen MR) is 60.1 cm³/mol. The number of thiophene rings is 1. The number of aryl methyl sites for hydroxylation is 1. The van der Waals surface area contributed by atoms with E-state index in [0.717, 1.165) is 17.0 Å².